The first-order chi connectivity index (χ1) is 14.1. The van der Waals surface area contributed by atoms with E-state index in [4.69, 9.17) is 0 Å². The van der Waals surface area contributed by atoms with Crippen molar-refractivity contribution in [1.29, 1.82) is 0 Å². The van der Waals surface area contributed by atoms with Crippen LogP contribution >= 0.6 is 0 Å². The number of hydrogen-bond donors (Lipinski definition) is 0. The SMILES string of the molecule is CC(C)CCN1C(=O)N(CC(C)C)C(=O)C12CCN(Cc1ccc(F)c(F)c1)CC2. The summed E-state index contributed by atoms with van der Waals surface area (Å²) in [5, 5.41) is 0. The normalized spacial score (nSPS) is 19.7. The number of rotatable bonds is 7. The number of amides is 3. The van der Waals surface area contributed by atoms with Crippen LogP contribution in [-0.2, 0) is 11.3 Å². The molecule has 0 atom stereocenters. The Morgan fingerprint density at radius 1 is 1.00 bits per heavy atom. The average Bonchev–Trinajstić information content (AvgIpc) is 2.86. The van der Waals surface area contributed by atoms with E-state index >= 15 is 0 Å². The van der Waals surface area contributed by atoms with Gasteiger partial charge in [0.2, 0.25) is 0 Å². The van der Waals surface area contributed by atoms with Crippen LogP contribution in [0.4, 0.5) is 13.6 Å². The lowest BCUT2D eigenvalue weighted by atomic mass is 9.85. The molecule has 2 aliphatic rings. The Labute approximate surface area is 178 Å². The number of urea groups is 1. The molecule has 0 saturated carbocycles. The minimum atomic E-state index is -0.850. The number of hydrogen-bond acceptors (Lipinski definition) is 3. The van der Waals surface area contributed by atoms with Gasteiger partial charge in [-0.05, 0) is 48.8 Å². The Hall–Kier alpha value is -2.02. The van der Waals surface area contributed by atoms with Crippen molar-refractivity contribution in [2.75, 3.05) is 26.2 Å². The maximum atomic E-state index is 13.5. The molecule has 3 amide bonds. The summed E-state index contributed by atoms with van der Waals surface area (Å²) in [6, 6.07) is 3.80. The first-order valence-electron chi connectivity index (χ1n) is 10.9. The molecule has 0 aliphatic carbocycles. The molecule has 3 rings (SSSR count). The van der Waals surface area contributed by atoms with Crippen LogP contribution in [0.3, 0.4) is 0 Å². The van der Waals surface area contributed by atoms with E-state index in [-0.39, 0.29) is 17.9 Å². The van der Waals surface area contributed by atoms with E-state index in [1.165, 1.54) is 11.0 Å². The van der Waals surface area contributed by atoms with Gasteiger partial charge in [0.05, 0.1) is 0 Å². The van der Waals surface area contributed by atoms with Gasteiger partial charge in [0.1, 0.15) is 5.54 Å². The second kappa shape index (κ2) is 9.00. The predicted molar refractivity (Wildman–Crippen MR) is 112 cm³/mol. The molecule has 1 aromatic rings. The van der Waals surface area contributed by atoms with E-state index in [1.807, 2.05) is 18.7 Å². The van der Waals surface area contributed by atoms with Gasteiger partial charge in [-0.15, -0.1) is 0 Å². The molecule has 1 aromatic carbocycles. The zero-order valence-electron chi connectivity index (χ0n) is 18.5. The largest absolute Gasteiger partial charge is 0.327 e. The number of halogens is 2. The molecule has 1 spiro atoms. The third-order valence-electron chi connectivity index (χ3n) is 6.17. The summed E-state index contributed by atoms with van der Waals surface area (Å²) >= 11 is 0. The Bertz CT molecular complexity index is 789. The molecule has 30 heavy (non-hydrogen) atoms. The monoisotopic (exact) mass is 421 g/mol. The van der Waals surface area contributed by atoms with Gasteiger partial charge in [0.15, 0.2) is 11.6 Å². The van der Waals surface area contributed by atoms with Crippen LogP contribution in [-0.4, -0.2) is 58.4 Å². The molecule has 0 radical (unpaired) electrons. The van der Waals surface area contributed by atoms with Crippen molar-refractivity contribution >= 4 is 11.9 Å². The van der Waals surface area contributed by atoms with Crippen LogP contribution in [0.15, 0.2) is 18.2 Å². The third-order valence-corrected chi connectivity index (χ3v) is 6.17. The summed E-state index contributed by atoms with van der Waals surface area (Å²) in [4.78, 5) is 31.9. The highest BCUT2D eigenvalue weighted by molar-refractivity contribution is 6.07. The van der Waals surface area contributed by atoms with Gasteiger partial charge in [-0.3, -0.25) is 14.6 Å². The van der Waals surface area contributed by atoms with Crippen molar-refractivity contribution in [3.63, 3.8) is 0 Å². The zero-order valence-corrected chi connectivity index (χ0v) is 18.5. The lowest BCUT2D eigenvalue weighted by Crippen LogP contribution is -2.56. The Morgan fingerprint density at radius 2 is 1.67 bits per heavy atom. The zero-order chi connectivity index (χ0) is 22.1. The highest BCUT2D eigenvalue weighted by atomic mass is 19.2. The second-order valence-electron chi connectivity index (χ2n) is 9.48. The number of benzene rings is 1. The van der Waals surface area contributed by atoms with E-state index in [9.17, 15) is 18.4 Å². The highest BCUT2D eigenvalue weighted by Gasteiger charge is 2.57. The molecule has 0 unspecified atom stereocenters. The van der Waals surface area contributed by atoms with Gasteiger partial charge in [-0.1, -0.05) is 33.8 Å². The van der Waals surface area contributed by atoms with E-state index in [2.05, 4.69) is 18.7 Å². The van der Waals surface area contributed by atoms with Gasteiger partial charge in [0.25, 0.3) is 5.91 Å². The van der Waals surface area contributed by atoms with Crippen molar-refractivity contribution < 1.29 is 18.4 Å². The first kappa shape index (κ1) is 22.7. The molecule has 2 saturated heterocycles. The van der Waals surface area contributed by atoms with E-state index in [0.29, 0.717) is 57.0 Å². The molecule has 2 heterocycles. The Kier molecular flexibility index (Phi) is 6.80. The fourth-order valence-electron chi connectivity index (χ4n) is 4.47. The van der Waals surface area contributed by atoms with Gasteiger partial charge in [-0.25, -0.2) is 13.6 Å². The average molecular weight is 422 g/mol. The number of carbonyl (C=O) groups is 2. The van der Waals surface area contributed by atoms with Gasteiger partial charge in [0, 0.05) is 32.7 Å². The number of nitrogens with zero attached hydrogens (tertiary/aromatic N) is 3. The Balaban J connectivity index is 1.74. The number of piperidine rings is 1. The topological polar surface area (TPSA) is 43.9 Å². The quantitative estimate of drug-likeness (QED) is 0.618. The van der Waals surface area contributed by atoms with Crippen molar-refractivity contribution in [2.24, 2.45) is 11.8 Å². The summed E-state index contributed by atoms with van der Waals surface area (Å²) in [6.45, 7) is 11.0. The molecule has 2 aliphatic heterocycles. The molecular weight excluding hydrogens is 388 g/mol. The van der Waals surface area contributed by atoms with Crippen LogP contribution in [0, 0.1) is 23.5 Å². The van der Waals surface area contributed by atoms with Crippen LogP contribution in [0.1, 0.15) is 52.5 Å². The molecule has 0 bridgehead atoms. The lowest BCUT2D eigenvalue weighted by Gasteiger charge is -2.42. The van der Waals surface area contributed by atoms with E-state index < -0.39 is 17.2 Å². The molecule has 0 N–H and O–H groups in total. The van der Waals surface area contributed by atoms with Gasteiger partial charge >= 0.3 is 6.03 Å². The van der Waals surface area contributed by atoms with Crippen LogP contribution in [0.25, 0.3) is 0 Å². The fraction of sp³-hybridized carbons (Fsp3) is 0.652. The highest BCUT2D eigenvalue weighted by Crippen LogP contribution is 2.38. The predicted octanol–water partition coefficient (Wildman–Crippen LogP) is 4.27. The minimum Gasteiger partial charge on any atom is -0.309 e. The summed E-state index contributed by atoms with van der Waals surface area (Å²) < 4.78 is 26.7. The van der Waals surface area contributed by atoms with Crippen molar-refractivity contribution in [3.8, 4) is 0 Å². The standard InChI is InChI=1S/C23H33F2N3O2/c1-16(2)7-10-28-22(30)27(14-17(3)4)21(29)23(28)8-11-26(12-9-23)15-18-5-6-19(24)20(25)13-18/h5-6,13,16-17H,7-12,14-15H2,1-4H3. The van der Waals surface area contributed by atoms with Crippen LogP contribution in [0.5, 0.6) is 0 Å². The van der Waals surface area contributed by atoms with Crippen LogP contribution in [0.2, 0.25) is 0 Å². The van der Waals surface area contributed by atoms with E-state index in [0.717, 1.165) is 12.5 Å². The summed E-state index contributed by atoms with van der Waals surface area (Å²) in [5.74, 6) is -1.11. The maximum Gasteiger partial charge on any atom is 0.327 e. The second-order valence-corrected chi connectivity index (χ2v) is 9.48. The van der Waals surface area contributed by atoms with Crippen molar-refractivity contribution in [1.82, 2.24) is 14.7 Å². The molecule has 0 aromatic heterocycles. The molecule has 7 heteroatoms. The molecule has 2 fully saturated rings. The third kappa shape index (κ3) is 4.51. The Morgan fingerprint density at radius 3 is 2.23 bits per heavy atom. The smallest absolute Gasteiger partial charge is 0.309 e. The number of likely N-dealkylation sites (tertiary alicyclic amines) is 1. The summed E-state index contributed by atoms with van der Waals surface area (Å²) in [7, 11) is 0. The number of carbonyl (C=O) groups excluding carboxylic acids is 2. The minimum absolute atomic E-state index is 0.0718. The molecule has 5 nitrogen and oxygen atoms in total. The molecular formula is C23H33F2N3O2. The molecule has 166 valence electrons. The summed E-state index contributed by atoms with van der Waals surface area (Å²) in [5.41, 5.74) is -0.0671. The van der Waals surface area contributed by atoms with Crippen molar-refractivity contribution in [2.45, 2.75) is 59.0 Å². The van der Waals surface area contributed by atoms with Gasteiger partial charge in [-0.2, -0.15) is 0 Å². The first-order valence-corrected chi connectivity index (χ1v) is 10.9. The van der Waals surface area contributed by atoms with Crippen LogP contribution < -0.4 is 0 Å². The lowest BCUT2D eigenvalue weighted by molar-refractivity contribution is -0.136. The van der Waals surface area contributed by atoms with Crippen molar-refractivity contribution in [3.05, 3.63) is 35.4 Å². The summed E-state index contributed by atoms with van der Waals surface area (Å²) in [6.07, 6.45) is 1.98. The van der Waals surface area contributed by atoms with E-state index in [1.54, 1.807) is 6.07 Å². The fourth-order valence-corrected chi connectivity index (χ4v) is 4.47. The maximum absolute atomic E-state index is 13.5. The van der Waals surface area contributed by atoms with Gasteiger partial charge < -0.3 is 4.90 Å². The number of imide groups is 1.